The van der Waals surface area contributed by atoms with Crippen molar-refractivity contribution < 1.29 is 29.9 Å². The number of aromatic hydroxyl groups is 2. The molecule has 2 fully saturated rings. The van der Waals surface area contributed by atoms with Gasteiger partial charge in [-0.15, -0.1) is 0 Å². The minimum Gasteiger partial charge on any atom is -0.504 e. The summed E-state index contributed by atoms with van der Waals surface area (Å²) in [5, 5.41) is 48.2. The van der Waals surface area contributed by atoms with Crippen LogP contribution in [0.25, 0.3) is 0 Å². The molecule has 8 aliphatic rings. The van der Waals surface area contributed by atoms with Crippen molar-refractivity contribution in [2.45, 2.75) is 84.8 Å². The number of benzene rings is 2. The van der Waals surface area contributed by atoms with E-state index in [0.717, 1.165) is 70.7 Å². The van der Waals surface area contributed by atoms with Crippen LogP contribution in [0.1, 0.15) is 69.8 Å². The summed E-state index contributed by atoms with van der Waals surface area (Å²) in [5.41, 5.74) is 4.57. The van der Waals surface area contributed by atoms with E-state index in [1.807, 2.05) is 12.1 Å². The van der Waals surface area contributed by atoms with Crippen molar-refractivity contribution in [3.8, 4) is 23.0 Å². The molecule has 5 N–H and O–H groups in total. The molecule has 0 radical (unpaired) electrons. The number of aliphatic hydroxyl groups is 2. The van der Waals surface area contributed by atoms with Gasteiger partial charge in [-0.25, -0.2) is 0 Å². The summed E-state index contributed by atoms with van der Waals surface area (Å²) in [6, 6.07) is 7.27. The highest BCUT2D eigenvalue weighted by atomic mass is 16.5. The Bertz CT molecular complexity index is 1720. The van der Waals surface area contributed by atoms with E-state index in [2.05, 4.69) is 28.9 Å². The molecule has 2 aromatic carbocycles. The van der Waals surface area contributed by atoms with Crippen LogP contribution in [0.4, 0.5) is 0 Å². The second kappa shape index (κ2) is 6.86. The van der Waals surface area contributed by atoms with Crippen LogP contribution in [0.5, 0.6) is 23.0 Å². The normalized spacial score (nSPS) is 42.0. The van der Waals surface area contributed by atoms with Crippen LogP contribution in [0.15, 0.2) is 24.3 Å². The average molecular weight is 582 g/mol. The van der Waals surface area contributed by atoms with Crippen LogP contribution in [0.2, 0.25) is 0 Å². The highest BCUT2D eigenvalue weighted by Gasteiger charge is 2.76. The predicted molar refractivity (Wildman–Crippen MR) is 154 cm³/mol. The Labute approximate surface area is 248 Å². The molecule has 1 aromatic heterocycles. The number of H-pyrrole nitrogens is 1. The number of nitrogens with one attached hydrogen (secondary N) is 1. The van der Waals surface area contributed by atoms with Gasteiger partial charge in [-0.2, -0.15) is 0 Å². The number of rotatable bonds is 0. The molecule has 0 amide bonds. The van der Waals surface area contributed by atoms with Crippen molar-refractivity contribution in [3.63, 3.8) is 0 Å². The number of ether oxygens (including phenoxy) is 2. The van der Waals surface area contributed by atoms with Gasteiger partial charge in [0.05, 0.1) is 33.4 Å². The lowest BCUT2D eigenvalue weighted by atomic mass is 9.47. The van der Waals surface area contributed by atoms with Crippen molar-refractivity contribution in [1.82, 2.24) is 14.8 Å². The summed E-state index contributed by atoms with van der Waals surface area (Å²) in [5.74, 6) is 1.25. The maximum absolute atomic E-state index is 13.1. The number of hydrogen-bond acceptors (Lipinski definition) is 8. The zero-order valence-electron chi connectivity index (χ0n) is 24.3. The Balaban J connectivity index is 1.19. The van der Waals surface area contributed by atoms with Gasteiger partial charge in [0, 0.05) is 36.1 Å². The van der Waals surface area contributed by atoms with E-state index in [1.165, 1.54) is 0 Å². The first-order valence-corrected chi connectivity index (χ1v) is 15.8. The van der Waals surface area contributed by atoms with Gasteiger partial charge in [0.2, 0.25) is 0 Å². The number of likely N-dealkylation sites (N-methyl/N-ethyl adjacent to an activating group) is 2. The first-order chi connectivity index (χ1) is 20.6. The van der Waals surface area contributed by atoms with Crippen LogP contribution in [-0.4, -0.2) is 85.7 Å². The molecule has 1 unspecified atom stereocenters. The van der Waals surface area contributed by atoms with E-state index in [-0.39, 0.29) is 23.6 Å². The van der Waals surface area contributed by atoms with Crippen LogP contribution in [-0.2, 0) is 36.5 Å². The molecule has 9 heteroatoms. The number of aromatic amines is 1. The van der Waals surface area contributed by atoms with Crippen molar-refractivity contribution in [1.29, 1.82) is 0 Å². The van der Waals surface area contributed by atoms with Gasteiger partial charge in [-0.05, 0) is 87.3 Å². The van der Waals surface area contributed by atoms with Gasteiger partial charge < -0.3 is 44.7 Å². The lowest BCUT2D eigenvalue weighted by Crippen LogP contribution is -2.74. The fraction of sp³-hybridized carbons (Fsp3) is 0.529. The highest BCUT2D eigenvalue weighted by Crippen LogP contribution is 2.72. The monoisotopic (exact) mass is 581 g/mol. The molecule has 4 aliphatic carbocycles. The molecule has 9 nitrogen and oxygen atoms in total. The first kappa shape index (κ1) is 24.1. The maximum Gasteiger partial charge on any atom is 0.166 e. The lowest BCUT2D eigenvalue weighted by molar-refractivity contribution is -0.170. The van der Waals surface area contributed by atoms with Gasteiger partial charge in [0.1, 0.15) is 0 Å². The number of aromatic nitrogens is 1. The Kier molecular flexibility index (Phi) is 3.85. The van der Waals surface area contributed by atoms with E-state index < -0.39 is 34.2 Å². The number of fused-ring (bicyclic) bond motifs is 5. The van der Waals surface area contributed by atoms with Gasteiger partial charge >= 0.3 is 0 Å². The van der Waals surface area contributed by atoms with Gasteiger partial charge in [0.15, 0.2) is 35.2 Å². The maximum atomic E-state index is 13.1. The standard InChI is InChI=1S/C34H35N3O6/c1-36-9-7-31-23-15-3-5-19(38)27(23)42-29(31)25-17(13-33(31,40)21(36)11-15)18-14-34(41)22-12-16-4-6-20(39)28-24(16)32(34,8-10-37(22)2)30(43-28)26(18)35-25/h3-6,21-22,29-30,35,38-41H,7-14H2,1-2H3/t21-,22-,29+,30+,31+,32?,33-,34-/m1/s1. The summed E-state index contributed by atoms with van der Waals surface area (Å²) in [4.78, 5) is 8.42. The van der Waals surface area contributed by atoms with Gasteiger partial charge in [-0.3, -0.25) is 0 Å². The van der Waals surface area contributed by atoms with Crippen LogP contribution >= 0.6 is 0 Å². The van der Waals surface area contributed by atoms with Crippen LogP contribution in [0, 0.1) is 0 Å². The second-order valence-corrected chi connectivity index (χ2v) is 14.8. The molecule has 2 saturated heterocycles. The third-order valence-electron chi connectivity index (χ3n) is 13.7. The molecule has 4 aliphatic heterocycles. The SMILES string of the molecule is CN1CCC23c4c5ccc(O)c4O[C@H]2c2[nH]c4c(c2C[C@@]3(O)[C@H]1C5)C[C@@]1(O)[C@H]2Cc3ccc(O)c5c3[C@@]1(CCN2C)[C@H]4O5. The smallest absolute Gasteiger partial charge is 0.166 e. The molecule has 3 aromatic rings. The van der Waals surface area contributed by atoms with E-state index in [0.29, 0.717) is 37.2 Å². The summed E-state index contributed by atoms with van der Waals surface area (Å²) in [6.45, 7) is 1.66. The predicted octanol–water partition coefficient (Wildman–Crippen LogP) is 2.26. The summed E-state index contributed by atoms with van der Waals surface area (Å²) in [7, 11) is 4.21. The van der Waals surface area contributed by atoms with Crippen LogP contribution in [0.3, 0.4) is 0 Å². The molecule has 5 heterocycles. The third-order valence-corrected chi connectivity index (χ3v) is 13.7. The molecule has 11 rings (SSSR count). The molecular formula is C34H35N3O6. The molecule has 8 atom stereocenters. The lowest BCUT2D eigenvalue weighted by Gasteiger charge is -2.63. The molecule has 2 spiro atoms. The number of likely N-dealkylation sites (tertiary alicyclic amines) is 2. The Morgan fingerprint density at radius 3 is 1.60 bits per heavy atom. The van der Waals surface area contributed by atoms with Gasteiger partial charge in [0.25, 0.3) is 0 Å². The van der Waals surface area contributed by atoms with Crippen molar-refractivity contribution >= 4 is 0 Å². The molecule has 4 bridgehead atoms. The Morgan fingerprint density at radius 1 is 0.721 bits per heavy atom. The van der Waals surface area contributed by atoms with Crippen molar-refractivity contribution in [2.24, 2.45) is 0 Å². The first-order valence-electron chi connectivity index (χ1n) is 15.8. The molecule has 222 valence electrons. The summed E-state index contributed by atoms with van der Waals surface area (Å²) >= 11 is 0. The number of phenolic OH excluding ortho intramolecular Hbond substituents is 2. The quantitative estimate of drug-likeness (QED) is 0.274. The molecule has 0 saturated carbocycles. The average Bonchev–Trinajstić information content (AvgIpc) is 3.62. The van der Waals surface area contributed by atoms with Crippen molar-refractivity contribution in [3.05, 3.63) is 69.0 Å². The summed E-state index contributed by atoms with van der Waals surface area (Å²) < 4.78 is 13.6. The molecular weight excluding hydrogens is 546 g/mol. The van der Waals surface area contributed by atoms with Crippen LogP contribution < -0.4 is 9.47 Å². The fourth-order valence-corrected chi connectivity index (χ4v) is 11.9. The second-order valence-electron chi connectivity index (χ2n) is 14.8. The number of piperidine rings is 2. The largest absolute Gasteiger partial charge is 0.504 e. The van der Waals surface area contributed by atoms with E-state index in [1.54, 1.807) is 12.1 Å². The number of hydrogen-bond donors (Lipinski definition) is 5. The Hall–Kier alpha value is -3.24. The zero-order chi connectivity index (χ0) is 29.0. The highest BCUT2D eigenvalue weighted by molar-refractivity contribution is 5.68. The van der Waals surface area contributed by atoms with Crippen molar-refractivity contribution in [2.75, 3.05) is 27.2 Å². The fourth-order valence-electron chi connectivity index (χ4n) is 11.9. The number of nitrogens with zero attached hydrogens (tertiary/aromatic N) is 2. The van der Waals surface area contributed by atoms with Gasteiger partial charge in [-0.1, -0.05) is 12.1 Å². The van der Waals surface area contributed by atoms with E-state index >= 15 is 0 Å². The van der Waals surface area contributed by atoms with E-state index in [9.17, 15) is 20.4 Å². The molecule has 43 heavy (non-hydrogen) atoms. The zero-order valence-corrected chi connectivity index (χ0v) is 24.3. The topological polar surface area (TPSA) is 122 Å². The van der Waals surface area contributed by atoms with E-state index in [4.69, 9.17) is 9.47 Å². The Morgan fingerprint density at radius 2 is 1.16 bits per heavy atom. The third kappa shape index (κ3) is 2.19. The minimum atomic E-state index is -1.11. The number of phenols is 2. The summed E-state index contributed by atoms with van der Waals surface area (Å²) in [6.07, 6.45) is 2.73. The minimum absolute atomic E-state index is 0.0984.